The van der Waals surface area contributed by atoms with Crippen LogP contribution in [0.5, 0.6) is 11.5 Å². The van der Waals surface area contributed by atoms with E-state index in [4.69, 9.17) is 9.47 Å². The molecule has 6 rings (SSSR count). The summed E-state index contributed by atoms with van der Waals surface area (Å²) in [6, 6.07) is 20.4. The Morgan fingerprint density at radius 1 is 0.811 bits per heavy atom. The summed E-state index contributed by atoms with van der Waals surface area (Å²) in [7, 11) is 3.65. The van der Waals surface area contributed by atoms with E-state index in [-0.39, 0.29) is 17.5 Å². The van der Waals surface area contributed by atoms with Crippen molar-refractivity contribution in [2.75, 3.05) is 14.2 Å². The molecule has 0 bridgehead atoms. The number of benzene rings is 3. The molecule has 37 heavy (non-hydrogen) atoms. The minimum atomic E-state index is -0.345. The standard InChI is InChI=1S/C32H31NO4/c1-33-24-12-6-14-26(34)31(24)30(32-25(33)13-7-15-27(32)35)21-16-17-28(29(18-21)36-2)37-19-22-10-5-9-20-8-3-4-11-23(20)22/h3-5,8-11,16-18,30H,6-7,12-15,19H2,1-2H3. The summed E-state index contributed by atoms with van der Waals surface area (Å²) >= 11 is 0. The summed E-state index contributed by atoms with van der Waals surface area (Å²) in [5.41, 5.74) is 5.73. The van der Waals surface area contributed by atoms with E-state index in [2.05, 4.69) is 29.2 Å². The number of carbonyl (C=O) groups is 2. The zero-order valence-corrected chi connectivity index (χ0v) is 21.4. The van der Waals surface area contributed by atoms with Crippen molar-refractivity contribution in [1.82, 2.24) is 4.90 Å². The Morgan fingerprint density at radius 3 is 2.19 bits per heavy atom. The topological polar surface area (TPSA) is 55.8 Å². The normalized spacial score (nSPS) is 18.3. The zero-order valence-electron chi connectivity index (χ0n) is 21.4. The molecule has 5 heteroatoms. The largest absolute Gasteiger partial charge is 0.493 e. The highest BCUT2D eigenvalue weighted by atomic mass is 16.5. The molecule has 3 aromatic carbocycles. The molecule has 0 unspecified atom stereocenters. The second-order valence-electron chi connectivity index (χ2n) is 10.1. The number of rotatable bonds is 5. The van der Waals surface area contributed by atoms with Crippen LogP contribution in [0.15, 0.2) is 83.2 Å². The van der Waals surface area contributed by atoms with Crippen LogP contribution in [-0.4, -0.2) is 30.6 Å². The van der Waals surface area contributed by atoms with E-state index >= 15 is 0 Å². The van der Waals surface area contributed by atoms with Crippen molar-refractivity contribution in [2.24, 2.45) is 0 Å². The predicted molar refractivity (Wildman–Crippen MR) is 144 cm³/mol. The van der Waals surface area contributed by atoms with E-state index in [1.165, 1.54) is 5.39 Å². The third kappa shape index (κ3) is 4.03. The molecule has 0 radical (unpaired) electrons. The summed E-state index contributed by atoms with van der Waals surface area (Å²) in [6.45, 7) is 0.410. The van der Waals surface area contributed by atoms with Gasteiger partial charge in [0.2, 0.25) is 0 Å². The van der Waals surface area contributed by atoms with Crippen LogP contribution in [-0.2, 0) is 16.2 Å². The van der Waals surface area contributed by atoms with Crippen LogP contribution in [0.3, 0.4) is 0 Å². The molecule has 1 heterocycles. The SMILES string of the molecule is COc1cc(C2C3=C(CCCC3=O)N(C)C3=C2C(=O)CCC3)ccc1OCc1cccc2ccccc12. The van der Waals surface area contributed by atoms with Gasteiger partial charge in [0.05, 0.1) is 7.11 Å². The Morgan fingerprint density at radius 2 is 1.49 bits per heavy atom. The molecule has 0 N–H and O–H groups in total. The van der Waals surface area contributed by atoms with Gasteiger partial charge in [0.1, 0.15) is 6.61 Å². The van der Waals surface area contributed by atoms with Crippen molar-refractivity contribution >= 4 is 22.3 Å². The molecule has 5 nitrogen and oxygen atoms in total. The van der Waals surface area contributed by atoms with E-state index < -0.39 is 0 Å². The molecule has 0 fully saturated rings. The molecular weight excluding hydrogens is 462 g/mol. The monoisotopic (exact) mass is 493 g/mol. The van der Waals surface area contributed by atoms with Crippen LogP contribution in [0.25, 0.3) is 10.8 Å². The van der Waals surface area contributed by atoms with Crippen molar-refractivity contribution in [2.45, 2.75) is 51.0 Å². The first-order valence-electron chi connectivity index (χ1n) is 13.1. The smallest absolute Gasteiger partial charge is 0.161 e. The summed E-state index contributed by atoms with van der Waals surface area (Å²) in [4.78, 5) is 28.6. The predicted octanol–water partition coefficient (Wildman–Crippen LogP) is 6.47. The number of ether oxygens (including phenoxy) is 2. The van der Waals surface area contributed by atoms with Crippen LogP contribution in [0.4, 0.5) is 0 Å². The number of fused-ring (bicyclic) bond motifs is 1. The minimum absolute atomic E-state index is 0.151. The number of hydrogen-bond acceptors (Lipinski definition) is 5. The number of hydrogen-bond donors (Lipinski definition) is 0. The van der Waals surface area contributed by atoms with E-state index in [0.29, 0.717) is 30.9 Å². The average molecular weight is 494 g/mol. The molecule has 1 aliphatic heterocycles. The fraction of sp³-hybridized carbons (Fsp3) is 0.312. The molecule has 0 spiro atoms. The van der Waals surface area contributed by atoms with Gasteiger partial charge in [-0.2, -0.15) is 0 Å². The van der Waals surface area contributed by atoms with Crippen LogP contribution in [0, 0.1) is 0 Å². The highest BCUT2D eigenvalue weighted by molar-refractivity contribution is 6.06. The van der Waals surface area contributed by atoms with Crippen LogP contribution >= 0.6 is 0 Å². The first-order chi connectivity index (χ1) is 18.1. The summed E-state index contributed by atoms with van der Waals surface area (Å²) in [6.07, 6.45) is 4.50. The third-order valence-corrected chi connectivity index (χ3v) is 8.03. The molecule has 188 valence electrons. The molecule has 0 saturated heterocycles. The Balaban J connectivity index is 1.38. The molecule has 3 aliphatic rings. The van der Waals surface area contributed by atoms with Gasteiger partial charge in [0, 0.05) is 48.3 Å². The first kappa shape index (κ1) is 23.5. The maximum Gasteiger partial charge on any atom is 0.161 e. The number of methoxy groups -OCH3 is 1. The Kier molecular flexibility index (Phi) is 6.07. The molecule has 0 saturated carbocycles. The van der Waals surface area contributed by atoms with Crippen molar-refractivity contribution in [1.29, 1.82) is 0 Å². The lowest BCUT2D eigenvalue weighted by atomic mass is 9.71. The lowest BCUT2D eigenvalue weighted by molar-refractivity contribution is -0.117. The van der Waals surface area contributed by atoms with Gasteiger partial charge in [-0.15, -0.1) is 0 Å². The van der Waals surface area contributed by atoms with Crippen molar-refractivity contribution < 1.29 is 19.1 Å². The van der Waals surface area contributed by atoms with Gasteiger partial charge >= 0.3 is 0 Å². The first-order valence-corrected chi connectivity index (χ1v) is 13.1. The van der Waals surface area contributed by atoms with Gasteiger partial charge < -0.3 is 14.4 Å². The maximum absolute atomic E-state index is 13.3. The molecule has 0 aromatic heterocycles. The van der Waals surface area contributed by atoms with Gasteiger partial charge in [-0.25, -0.2) is 0 Å². The molecular formula is C32H31NO4. The summed E-state index contributed by atoms with van der Waals surface area (Å²) in [5, 5.41) is 2.34. The van der Waals surface area contributed by atoms with Gasteiger partial charge in [-0.05, 0) is 59.7 Å². The quantitative estimate of drug-likeness (QED) is 0.408. The van der Waals surface area contributed by atoms with E-state index in [1.54, 1.807) is 7.11 Å². The second-order valence-corrected chi connectivity index (χ2v) is 10.1. The number of nitrogens with zero attached hydrogens (tertiary/aromatic N) is 1. The lowest BCUT2D eigenvalue weighted by Crippen LogP contribution is -2.37. The maximum atomic E-state index is 13.3. The van der Waals surface area contributed by atoms with E-state index in [9.17, 15) is 9.59 Å². The fourth-order valence-corrected chi connectivity index (χ4v) is 6.24. The highest BCUT2D eigenvalue weighted by Gasteiger charge is 2.42. The highest BCUT2D eigenvalue weighted by Crippen LogP contribution is 2.49. The van der Waals surface area contributed by atoms with Gasteiger partial charge in [-0.3, -0.25) is 9.59 Å². The van der Waals surface area contributed by atoms with E-state index in [1.807, 2.05) is 43.4 Å². The summed E-state index contributed by atoms with van der Waals surface area (Å²) in [5.74, 6) is 1.20. The fourth-order valence-electron chi connectivity index (χ4n) is 6.24. The summed E-state index contributed by atoms with van der Waals surface area (Å²) < 4.78 is 12.0. The zero-order chi connectivity index (χ0) is 25.5. The van der Waals surface area contributed by atoms with Gasteiger partial charge in [-0.1, -0.05) is 48.5 Å². The number of carbonyl (C=O) groups excluding carboxylic acids is 2. The average Bonchev–Trinajstić information content (AvgIpc) is 2.93. The van der Waals surface area contributed by atoms with Crippen molar-refractivity contribution in [3.8, 4) is 11.5 Å². The Hall–Kier alpha value is -3.86. The number of Topliss-reactive ketones (excluding diaryl/α,β-unsaturated/α-hetero) is 2. The molecule has 0 atom stereocenters. The van der Waals surface area contributed by atoms with Gasteiger partial charge in [0.25, 0.3) is 0 Å². The Bertz CT molecular complexity index is 1430. The molecule has 0 amide bonds. The molecule has 3 aromatic rings. The third-order valence-electron chi connectivity index (χ3n) is 8.03. The minimum Gasteiger partial charge on any atom is -0.493 e. The van der Waals surface area contributed by atoms with Crippen LogP contribution in [0.2, 0.25) is 0 Å². The van der Waals surface area contributed by atoms with Crippen molar-refractivity contribution in [3.05, 3.63) is 94.3 Å². The number of allylic oxidation sites excluding steroid dienone is 4. The Labute approximate surface area is 217 Å². The number of ketones is 2. The van der Waals surface area contributed by atoms with Gasteiger partial charge in [0.15, 0.2) is 23.1 Å². The van der Waals surface area contributed by atoms with E-state index in [0.717, 1.165) is 64.7 Å². The second kappa shape index (κ2) is 9.55. The lowest BCUT2D eigenvalue weighted by Gasteiger charge is -2.42. The molecule has 2 aliphatic carbocycles. The van der Waals surface area contributed by atoms with Crippen LogP contribution < -0.4 is 9.47 Å². The van der Waals surface area contributed by atoms with Crippen molar-refractivity contribution in [3.63, 3.8) is 0 Å². The van der Waals surface area contributed by atoms with Crippen LogP contribution in [0.1, 0.15) is 55.6 Å².